The molecule has 3 fully saturated rings. The van der Waals surface area contributed by atoms with Crippen LogP contribution < -0.4 is 0 Å². The average Bonchev–Trinajstić information content (AvgIpc) is 3.01. The number of likely N-dealkylation sites (tertiary alicyclic amines) is 1. The molecule has 1 heterocycles. The summed E-state index contributed by atoms with van der Waals surface area (Å²) in [5.74, 6) is 1.37. The van der Waals surface area contributed by atoms with Gasteiger partial charge in [-0.25, -0.2) is 0 Å². The van der Waals surface area contributed by atoms with Gasteiger partial charge in [-0.15, -0.1) is 0 Å². The van der Waals surface area contributed by atoms with Gasteiger partial charge in [0.15, 0.2) is 0 Å². The summed E-state index contributed by atoms with van der Waals surface area (Å²) in [6.45, 7) is 8.40. The van der Waals surface area contributed by atoms with Gasteiger partial charge >= 0.3 is 0 Å². The lowest BCUT2D eigenvalue weighted by Crippen LogP contribution is -2.49. The van der Waals surface area contributed by atoms with Crippen molar-refractivity contribution in [1.29, 1.82) is 0 Å². The maximum absolute atomic E-state index is 11.2. The Labute approximate surface area is 112 Å². The van der Waals surface area contributed by atoms with E-state index in [-0.39, 0.29) is 11.0 Å². The third kappa shape index (κ3) is 1.84. The molecule has 3 unspecified atom stereocenters. The van der Waals surface area contributed by atoms with Gasteiger partial charge in [0, 0.05) is 0 Å². The molecule has 1 saturated heterocycles. The first-order chi connectivity index (χ1) is 8.54. The van der Waals surface area contributed by atoms with Gasteiger partial charge in [-0.2, -0.15) is 0 Å². The Bertz CT molecular complexity index is 308. The number of rotatable bonds is 4. The topological polar surface area (TPSA) is 23.5 Å². The SMILES string of the molecule is CC1(C)C2CCC(C2)C1(O)CCCN1CCCC1. The van der Waals surface area contributed by atoms with E-state index in [0.29, 0.717) is 5.92 Å². The first kappa shape index (κ1) is 12.9. The quantitative estimate of drug-likeness (QED) is 0.830. The minimum Gasteiger partial charge on any atom is -0.389 e. The molecule has 104 valence electrons. The molecule has 0 spiro atoms. The van der Waals surface area contributed by atoms with Crippen molar-refractivity contribution in [2.45, 2.75) is 64.4 Å². The van der Waals surface area contributed by atoms with Gasteiger partial charge in [-0.05, 0) is 81.8 Å². The Morgan fingerprint density at radius 2 is 1.78 bits per heavy atom. The van der Waals surface area contributed by atoms with Crippen LogP contribution in [0, 0.1) is 17.3 Å². The van der Waals surface area contributed by atoms with E-state index in [1.807, 2.05) is 0 Å². The predicted octanol–water partition coefficient (Wildman–Crippen LogP) is 3.05. The van der Waals surface area contributed by atoms with Gasteiger partial charge < -0.3 is 10.0 Å². The molecule has 2 saturated carbocycles. The van der Waals surface area contributed by atoms with Crippen LogP contribution in [0.2, 0.25) is 0 Å². The fourth-order valence-electron chi connectivity index (χ4n) is 5.06. The minimum atomic E-state index is -0.365. The summed E-state index contributed by atoms with van der Waals surface area (Å²) in [6.07, 6.45) is 8.87. The molecule has 3 aliphatic rings. The van der Waals surface area contributed by atoms with Crippen LogP contribution in [0.5, 0.6) is 0 Å². The first-order valence-corrected chi connectivity index (χ1v) is 7.99. The zero-order chi connectivity index (χ0) is 12.8. The first-order valence-electron chi connectivity index (χ1n) is 7.99. The number of aliphatic hydroxyl groups is 1. The van der Waals surface area contributed by atoms with Crippen LogP contribution in [0.3, 0.4) is 0 Å². The molecule has 2 bridgehead atoms. The van der Waals surface area contributed by atoms with E-state index in [0.717, 1.165) is 12.3 Å². The molecule has 3 rings (SSSR count). The van der Waals surface area contributed by atoms with Crippen LogP contribution in [0.15, 0.2) is 0 Å². The molecular formula is C16H29NO. The van der Waals surface area contributed by atoms with Crippen LogP contribution in [0.4, 0.5) is 0 Å². The van der Waals surface area contributed by atoms with E-state index in [4.69, 9.17) is 0 Å². The third-order valence-corrected chi connectivity index (χ3v) is 6.48. The van der Waals surface area contributed by atoms with Crippen LogP contribution in [-0.2, 0) is 0 Å². The molecule has 0 radical (unpaired) electrons. The van der Waals surface area contributed by atoms with Gasteiger partial charge in [0.05, 0.1) is 5.60 Å². The van der Waals surface area contributed by atoms with E-state index in [1.165, 1.54) is 58.2 Å². The Kier molecular flexibility index (Phi) is 3.22. The molecule has 18 heavy (non-hydrogen) atoms. The maximum Gasteiger partial charge on any atom is 0.0729 e. The number of hydrogen-bond acceptors (Lipinski definition) is 2. The monoisotopic (exact) mass is 251 g/mol. The average molecular weight is 251 g/mol. The molecule has 0 amide bonds. The highest BCUT2D eigenvalue weighted by atomic mass is 16.3. The molecule has 0 aromatic heterocycles. The van der Waals surface area contributed by atoms with E-state index in [2.05, 4.69) is 18.7 Å². The van der Waals surface area contributed by atoms with E-state index < -0.39 is 0 Å². The third-order valence-electron chi connectivity index (χ3n) is 6.48. The second-order valence-electron chi connectivity index (χ2n) is 7.51. The smallest absolute Gasteiger partial charge is 0.0729 e. The van der Waals surface area contributed by atoms with E-state index >= 15 is 0 Å². The Hall–Kier alpha value is -0.0800. The summed E-state index contributed by atoms with van der Waals surface area (Å²) >= 11 is 0. The summed E-state index contributed by atoms with van der Waals surface area (Å²) in [4.78, 5) is 2.57. The molecule has 3 atom stereocenters. The van der Waals surface area contributed by atoms with E-state index in [1.54, 1.807) is 0 Å². The van der Waals surface area contributed by atoms with Crippen molar-refractivity contribution in [1.82, 2.24) is 4.90 Å². The van der Waals surface area contributed by atoms with Crippen molar-refractivity contribution in [2.75, 3.05) is 19.6 Å². The molecule has 2 aliphatic carbocycles. The van der Waals surface area contributed by atoms with Gasteiger partial charge in [-0.1, -0.05) is 13.8 Å². The van der Waals surface area contributed by atoms with Gasteiger partial charge in [0.25, 0.3) is 0 Å². The Morgan fingerprint density at radius 1 is 1.11 bits per heavy atom. The van der Waals surface area contributed by atoms with Gasteiger partial charge in [-0.3, -0.25) is 0 Å². The van der Waals surface area contributed by atoms with Crippen molar-refractivity contribution in [3.8, 4) is 0 Å². The highest BCUT2D eigenvalue weighted by Crippen LogP contribution is 2.62. The standard InChI is InChI=1S/C16H29NO/c1-15(2)13-6-7-14(12-13)16(15,18)8-5-11-17-9-3-4-10-17/h13-14,18H,3-12H2,1-2H3. The number of fused-ring (bicyclic) bond motifs is 2. The largest absolute Gasteiger partial charge is 0.389 e. The number of hydrogen-bond donors (Lipinski definition) is 1. The van der Waals surface area contributed by atoms with Crippen molar-refractivity contribution in [2.24, 2.45) is 17.3 Å². The zero-order valence-corrected chi connectivity index (χ0v) is 12.1. The van der Waals surface area contributed by atoms with Crippen LogP contribution in [-0.4, -0.2) is 35.2 Å². The lowest BCUT2D eigenvalue weighted by atomic mass is 9.63. The highest BCUT2D eigenvalue weighted by Gasteiger charge is 2.61. The molecule has 2 heteroatoms. The second-order valence-corrected chi connectivity index (χ2v) is 7.51. The maximum atomic E-state index is 11.2. The lowest BCUT2D eigenvalue weighted by molar-refractivity contribution is -0.113. The molecule has 1 N–H and O–H groups in total. The van der Waals surface area contributed by atoms with Crippen LogP contribution in [0.25, 0.3) is 0 Å². The van der Waals surface area contributed by atoms with Gasteiger partial charge in [0.2, 0.25) is 0 Å². The predicted molar refractivity (Wildman–Crippen MR) is 74.5 cm³/mol. The Balaban J connectivity index is 1.57. The fourth-order valence-corrected chi connectivity index (χ4v) is 5.06. The normalized spacial score (nSPS) is 42.8. The summed E-state index contributed by atoms with van der Waals surface area (Å²) in [6, 6.07) is 0. The highest BCUT2D eigenvalue weighted by molar-refractivity contribution is 5.11. The second kappa shape index (κ2) is 4.49. The summed E-state index contributed by atoms with van der Waals surface area (Å²) in [7, 11) is 0. The van der Waals surface area contributed by atoms with Crippen molar-refractivity contribution >= 4 is 0 Å². The van der Waals surface area contributed by atoms with Crippen molar-refractivity contribution in [3.63, 3.8) is 0 Å². The van der Waals surface area contributed by atoms with Crippen molar-refractivity contribution < 1.29 is 5.11 Å². The zero-order valence-electron chi connectivity index (χ0n) is 12.1. The summed E-state index contributed by atoms with van der Waals surface area (Å²) in [5, 5.41) is 11.2. The molecule has 2 nitrogen and oxygen atoms in total. The molecule has 1 aliphatic heterocycles. The van der Waals surface area contributed by atoms with E-state index in [9.17, 15) is 5.11 Å². The molecule has 0 aromatic rings. The summed E-state index contributed by atoms with van der Waals surface area (Å²) < 4.78 is 0. The lowest BCUT2D eigenvalue weighted by Gasteiger charge is -2.46. The molecular weight excluding hydrogens is 222 g/mol. The minimum absolute atomic E-state index is 0.154. The Morgan fingerprint density at radius 3 is 2.39 bits per heavy atom. The molecule has 0 aromatic carbocycles. The van der Waals surface area contributed by atoms with Crippen LogP contribution >= 0.6 is 0 Å². The van der Waals surface area contributed by atoms with Crippen LogP contribution in [0.1, 0.15) is 58.8 Å². The number of nitrogens with zero attached hydrogens (tertiary/aromatic N) is 1. The van der Waals surface area contributed by atoms with Crippen molar-refractivity contribution in [3.05, 3.63) is 0 Å². The van der Waals surface area contributed by atoms with Gasteiger partial charge in [0.1, 0.15) is 0 Å². The summed E-state index contributed by atoms with van der Waals surface area (Å²) in [5.41, 5.74) is -0.212. The fraction of sp³-hybridized carbons (Fsp3) is 1.00.